The molecule has 1 amide bonds. The number of rotatable bonds is 11. The second-order valence-electron chi connectivity index (χ2n) is 6.99. The number of aromatic amines is 1. The van der Waals surface area contributed by atoms with Crippen molar-refractivity contribution in [2.24, 2.45) is 0 Å². The molecule has 3 N–H and O–H groups in total. The number of benzene rings is 1. The molecule has 0 radical (unpaired) electrons. The summed E-state index contributed by atoms with van der Waals surface area (Å²) in [5.74, 6) is -2.40. The average Bonchev–Trinajstić information content (AvgIpc) is 3.11. The number of para-hydroxylation sites is 1. The van der Waals surface area contributed by atoms with Gasteiger partial charge in [-0.1, -0.05) is 12.1 Å². The van der Waals surface area contributed by atoms with Crippen LogP contribution in [0, 0.1) is 0 Å². The van der Waals surface area contributed by atoms with Crippen LogP contribution in [0.1, 0.15) is 18.4 Å². The Morgan fingerprint density at radius 1 is 1.37 bits per heavy atom. The minimum atomic E-state index is -1.27. The number of nitrogens with one attached hydrogen (secondary N) is 2. The molecule has 10 nitrogen and oxygen atoms in total. The molecular weight excluding hydrogens is 390 g/mol. The third kappa shape index (κ3) is 5.53. The number of aliphatic carboxylic acids is 1. The number of aromatic nitrogens is 1. The molecule has 160 valence electrons. The van der Waals surface area contributed by atoms with Crippen LogP contribution < -0.4 is 10.2 Å². The predicted molar refractivity (Wildman–Crippen MR) is 111 cm³/mol. The number of nitrogens with zero attached hydrogens (tertiary/aromatic N) is 3. The third-order valence-electron chi connectivity index (χ3n) is 4.74. The number of hydrogen-bond donors (Lipinski definition) is 3. The summed E-state index contributed by atoms with van der Waals surface area (Å²) in [5.41, 5.74) is 11.1. The lowest BCUT2D eigenvalue weighted by Crippen LogP contribution is -2.46. The molecule has 0 bridgehead atoms. The zero-order chi connectivity index (χ0) is 22.3. The molecule has 30 heavy (non-hydrogen) atoms. The second kappa shape index (κ2) is 10.3. The maximum atomic E-state index is 12.6. The summed E-state index contributed by atoms with van der Waals surface area (Å²) in [7, 11) is 5.25. The predicted octanol–water partition coefficient (Wildman–Crippen LogP) is 1.01. The van der Waals surface area contributed by atoms with Crippen LogP contribution in [0.5, 0.6) is 0 Å². The van der Waals surface area contributed by atoms with E-state index in [2.05, 4.69) is 15.1 Å². The van der Waals surface area contributed by atoms with Gasteiger partial charge in [-0.05, 0) is 18.1 Å². The summed E-state index contributed by atoms with van der Waals surface area (Å²) in [6, 6.07) is 4.56. The summed E-state index contributed by atoms with van der Waals surface area (Å²) < 4.78 is 5.31. The van der Waals surface area contributed by atoms with E-state index in [9.17, 15) is 19.5 Å². The van der Waals surface area contributed by atoms with Crippen molar-refractivity contribution in [1.82, 2.24) is 10.3 Å². The monoisotopic (exact) mass is 415 g/mol. The lowest BCUT2D eigenvalue weighted by molar-refractivity contribution is -0.144. The number of carbonyl (C=O) groups excluding carboxylic acids is 2. The van der Waals surface area contributed by atoms with E-state index >= 15 is 0 Å². The van der Waals surface area contributed by atoms with Crippen LogP contribution in [-0.2, 0) is 25.5 Å². The molecule has 2 rings (SSSR count). The first-order chi connectivity index (χ1) is 14.3. The number of fused-ring (bicyclic) bond motifs is 1. The molecule has 0 aliphatic carbocycles. The van der Waals surface area contributed by atoms with Gasteiger partial charge in [-0.25, -0.2) is 4.79 Å². The Labute approximate surface area is 173 Å². The fourth-order valence-corrected chi connectivity index (χ4v) is 3.16. The number of ketones is 1. The van der Waals surface area contributed by atoms with Crippen LogP contribution in [0.25, 0.3) is 16.4 Å². The van der Waals surface area contributed by atoms with Crippen LogP contribution in [0.3, 0.4) is 0 Å². The van der Waals surface area contributed by atoms with Crippen LogP contribution in [0.2, 0.25) is 0 Å². The van der Waals surface area contributed by atoms with Crippen LogP contribution in [0.4, 0.5) is 5.69 Å². The van der Waals surface area contributed by atoms with Gasteiger partial charge in [0.05, 0.1) is 11.2 Å². The maximum absolute atomic E-state index is 12.6. The van der Waals surface area contributed by atoms with Gasteiger partial charge in [0, 0.05) is 45.6 Å². The highest BCUT2D eigenvalue weighted by Gasteiger charge is 2.27. The Hall–Kier alpha value is -3.49. The van der Waals surface area contributed by atoms with E-state index in [1.54, 1.807) is 6.20 Å². The number of carboxylic acid groups (broad SMARTS) is 1. The van der Waals surface area contributed by atoms with Crippen molar-refractivity contribution >= 4 is 40.5 Å². The van der Waals surface area contributed by atoms with Crippen molar-refractivity contribution in [3.63, 3.8) is 0 Å². The number of carboxylic acids is 1. The largest absolute Gasteiger partial charge is 0.480 e. The number of amides is 1. The number of carbonyl (C=O) groups is 3. The molecule has 0 fully saturated rings. The summed E-state index contributed by atoms with van der Waals surface area (Å²) in [4.78, 5) is 43.3. The van der Waals surface area contributed by atoms with Gasteiger partial charge in [0.2, 0.25) is 11.7 Å². The van der Waals surface area contributed by atoms with E-state index < -0.39 is 29.8 Å². The van der Waals surface area contributed by atoms with Crippen molar-refractivity contribution in [3.8, 4) is 0 Å². The normalized spacial score (nSPS) is 12.6. The molecule has 10 heteroatoms. The van der Waals surface area contributed by atoms with Crippen molar-refractivity contribution in [3.05, 3.63) is 35.5 Å². The molecule has 0 aliphatic rings. The van der Waals surface area contributed by atoms with Gasteiger partial charge in [0.25, 0.3) is 0 Å². The van der Waals surface area contributed by atoms with Gasteiger partial charge in [-0.15, -0.1) is 0 Å². The number of Topliss-reactive ketones (excluding diaryl/α,β-unsaturated/α-hetero) is 1. The minimum absolute atomic E-state index is 0.137. The zero-order valence-electron chi connectivity index (χ0n) is 17.1. The molecule has 2 atom stereocenters. The van der Waals surface area contributed by atoms with Gasteiger partial charge in [-0.2, -0.15) is 4.79 Å². The minimum Gasteiger partial charge on any atom is -0.480 e. The molecule has 1 heterocycles. The Bertz CT molecular complexity index is 977. The van der Waals surface area contributed by atoms with Crippen molar-refractivity contribution in [2.75, 3.05) is 26.1 Å². The smallest absolute Gasteiger partial charge is 0.326 e. The summed E-state index contributed by atoms with van der Waals surface area (Å²) in [6.07, 6.45) is 1.50. The standard InChI is InChI=1S/C20H25N5O5/c1-25(2)16-6-4-5-14-12(10-22-18(14)16)9-17(30-3)19(27)24-15(20(28)29)8-7-13(26)11-23-21/h4-6,10-11,15,17,22H,7-9H2,1-3H3,(H,24,27)(H,28,29)/t15-,17-/m0/s1. The van der Waals surface area contributed by atoms with Gasteiger partial charge < -0.3 is 30.6 Å². The van der Waals surface area contributed by atoms with Gasteiger partial charge >= 0.3 is 12.2 Å². The average molecular weight is 415 g/mol. The van der Waals surface area contributed by atoms with Crippen molar-refractivity contribution in [2.45, 2.75) is 31.4 Å². The van der Waals surface area contributed by atoms with Gasteiger partial charge in [0.15, 0.2) is 0 Å². The highest BCUT2D eigenvalue weighted by atomic mass is 16.5. The fraction of sp³-hybridized carbons (Fsp3) is 0.400. The van der Waals surface area contributed by atoms with E-state index in [-0.39, 0.29) is 19.3 Å². The lowest BCUT2D eigenvalue weighted by Gasteiger charge is -2.19. The molecule has 0 unspecified atom stereocenters. The third-order valence-corrected chi connectivity index (χ3v) is 4.74. The number of H-pyrrole nitrogens is 1. The Morgan fingerprint density at radius 2 is 2.10 bits per heavy atom. The number of methoxy groups -OCH3 is 1. The van der Waals surface area contributed by atoms with E-state index in [0.717, 1.165) is 22.2 Å². The first-order valence-corrected chi connectivity index (χ1v) is 9.31. The lowest BCUT2D eigenvalue weighted by atomic mass is 10.0. The Kier molecular flexibility index (Phi) is 7.85. The summed E-state index contributed by atoms with van der Waals surface area (Å²) in [6.45, 7) is 0. The molecule has 0 saturated heterocycles. The summed E-state index contributed by atoms with van der Waals surface area (Å²) in [5, 5.41) is 12.7. The van der Waals surface area contributed by atoms with Crippen molar-refractivity contribution in [1.29, 1.82) is 0 Å². The summed E-state index contributed by atoms with van der Waals surface area (Å²) >= 11 is 0. The van der Waals surface area contributed by atoms with E-state index in [1.165, 1.54) is 7.11 Å². The van der Waals surface area contributed by atoms with Crippen LogP contribution >= 0.6 is 0 Å². The van der Waals surface area contributed by atoms with Crippen LogP contribution in [0.15, 0.2) is 24.4 Å². The zero-order valence-corrected chi connectivity index (χ0v) is 17.1. The van der Waals surface area contributed by atoms with Crippen molar-refractivity contribution < 1.29 is 29.0 Å². The number of hydrogen-bond acceptors (Lipinski definition) is 5. The van der Waals surface area contributed by atoms with Gasteiger partial charge in [0.1, 0.15) is 12.1 Å². The Balaban J connectivity index is 2.13. The molecule has 1 aromatic heterocycles. The van der Waals surface area contributed by atoms with E-state index in [0.29, 0.717) is 6.21 Å². The highest BCUT2D eigenvalue weighted by molar-refractivity contribution is 6.25. The quantitative estimate of drug-likeness (QED) is 0.283. The molecule has 2 aromatic rings. The topological polar surface area (TPSA) is 148 Å². The first-order valence-electron chi connectivity index (χ1n) is 9.31. The number of ether oxygens (including phenoxy) is 1. The first kappa shape index (κ1) is 22.8. The second-order valence-corrected chi connectivity index (χ2v) is 6.99. The molecule has 0 saturated carbocycles. The van der Waals surface area contributed by atoms with Crippen LogP contribution in [-0.4, -0.2) is 72.1 Å². The highest BCUT2D eigenvalue weighted by Crippen LogP contribution is 2.28. The van der Waals surface area contributed by atoms with Gasteiger partial charge in [-0.3, -0.25) is 9.59 Å². The Morgan fingerprint density at radius 3 is 2.70 bits per heavy atom. The molecule has 1 aromatic carbocycles. The van der Waals surface area contributed by atoms with E-state index in [1.807, 2.05) is 37.2 Å². The molecule has 0 aliphatic heterocycles. The molecule has 0 spiro atoms. The SMILES string of the molecule is CO[C@@H](Cc1c[nH]c2c(N(C)C)cccc12)C(=O)N[C@@H](CCC(=O)C=[N+]=[N-])C(=O)O. The van der Waals surface area contributed by atoms with E-state index in [4.69, 9.17) is 10.3 Å². The fourth-order valence-electron chi connectivity index (χ4n) is 3.16. The maximum Gasteiger partial charge on any atom is 0.326 e. The molecular formula is C20H25N5O5. The number of anilines is 1.